The summed E-state index contributed by atoms with van der Waals surface area (Å²) in [7, 11) is 0. The van der Waals surface area contributed by atoms with Gasteiger partial charge in [0.1, 0.15) is 0 Å². The summed E-state index contributed by atoms with van der Waals surface area (Å²) in [6.07, 6.45) is 1.80. The molecule has 0 radical (unpaired) electrons. The minimum atomic E-state index is 0.416. The van der Waals surface area contributed by atoms with Crippen molar-refractivity contribution in [3.05, 3.63) is 12.3 Å². The Morgan fingerprint density at radius 1 is 1.86 bits per heavy atom. The number of aromatic nitrogens is 3. The zero-order valence-electron chi connectivity index (χ0n) is 3.46. The molecule has 3 nitrogen and oxygen atoms in total. The Bertz CT molecular complexity index is 227. The van der Waals surface area contributed by atoms with Crippen molar-refractivity contribution < 1.29 is 0 Å². The van der Waals surface area contributed by atoms with E-state index in [1.165, 1.54) is 0 Å². The van der Waals surface area contributed by atoms with Crippen LogP contribution in [0.1, 0.15) is 0 Å². The summed E-state index contributed by atoms with van der Waals surface area (Å²) in [5.74, 6) is 0. The Morgan fingerprint density at radius 3 is 3.14 bits per heavy atom. The van der Waals surface area contributed by atoms with Crippen molar-refractivity contribution in [1.82, 2.24) is 12.6 Å². The summed E-state index contributed by atoms with van der Waals surface area (Å²) in [5, 5.41) is 3.98. The Kier molecular flexibility index (Phi) is 0.515. The number of nitrogens with zero attached hydrogens (tertiary/aromatic N) is 2. The number of fused-ring (bicyclic) bond motifs is 1. The van der Waals surface area contributed by atoms with Gasteiger partial charge in [-0.15, -0.1) is 0 Å². The molecule has 0 fully saturated rings. The second-order valence-electron chi connectivity index (χ2n) is 1.28. The first-order valence-corrected chi connectivity index (χ1v) is 3.56. The molecule has 4 heteroatoms. The maximum atomic E-state index is 3.98. The topological polar surface area (TPSA) is 33.1 Å². The number of H-pyrrole nitrogens is 1. The fraction of sp³-hybridized carbons (Fsp3) is 0. The molecule has 0 atom stereocenters. The van der Waals surface area contributed by atoms with Gasteiger partial charge in [-0.1, -0.05) is 0 Å². The van der Waals surface area contributed by atoms with Gasteiger partial charge in [0.15, 0.2) is 0 Å². The predicted octanol–water partition coefficient (Wildman–Crippen LogP) is -0.281. The molecule has 0 unspecified atom stereocenters. The Morgan fingerprint density at radius 2 is 2.86 bits per heavy atom. The molecule has 0 aliphatic carbocycles. The summed E-state index contributed by atoms with van der Waals surface area (Å²) >= 11 is 0.416. The van der Waals surface area contributed by atoms with E-state index in [0.717, 1.165) is 5.65 Å². The average molecular weight is 160 g/mol. The third-order valence-corrected chi connectivity index (χ3v) is 2.45. The summed E-state index contributed by atoms with van der Waals surface area (Å²) in [5.41, 5.74) is 1.15. The van der Waals surface area contributed by atoms with Gasteiger partial charge in [-0.2, -0.15) is 0 Å². The van der Waals surface area contributed by atoms with E-state index in [4.69, 9.17) is 0 Å². The van der Waals surface area contributed by atoms with Crippen LogP contribution >= 0.6 is 0 Å². The van der Waals surface area contributed by atoms with Gasteiger partial charge in [-0.25, -0.2) is 0 Å². The van der Waals surface area contributed by atoms with E-state index in [1.54, 1.807) is 6.20 Å². The first-order valence-electron chi connectivity index (χ1n) is 1.94. The van der Waals surface area contributed by atoms with E-state index in [-0.39, 0.29) is 0 Å². The van der Waals surface area contributed by atoms with Crippen molar-refractivity contribution in [1.29, 1.82) is 0 Å². The Labute approximate surface area is 46.1 Å². The summed E-state index contributed by atoms with van der Waals surface area (Å²) in [4.78, 5) is 0. The Hall–Kier alpha value is -0.471. The second-order valence-corrected chi connectivity index (χ2v) is 2.82. The van der Waals surface area contributed by atoms with Crippen LogP contribution < -0.4 is 0 Å². The first kappa shape index (κ1) is 3.52. The molecule has 0 spiro atoms. The van der Waals surface area contributed by atoms with E-state index < -0.39 is 0 Å². The molecule has 0 aliphatic heterocycles. The zero-order valence-corrected chi connectivity index (χ0v) is 5.17. The molecular formula is C3H3N3Se. The third-order valence-electron chi connectivity index (χ3n) is 0.847. The van der Waals surface area contributed by atoms with Gasteiger partial charge >= 0.3 is 45.5 Å². The molecule has 1 N–H and O–H groups in total. The van der Waals surface area contributed by atoms with E-state index in [0.29, 0.717) is 15.0 Å². The summed E-state index contributed by atoms with van der Waals surface area (Å²) in [6.45, 7) is 0. The van der Waals surface area contributed by atoms with E-state index in [2.05, 4.69) is 9.08 Å². The fourth-order valence-electron chi connectivity index (χ4n) is 0.487. The number of aromatic amines is 1. The predicted molar refractivity (Wildman–Crippen MR) is 26.5 cm³/mol. The maximum absolute atomic E-state index is 3.98. The number of hydrogen-bond acceptors (Lipinski definition) is 1. The van der Waals surface area contributed by atoms with Crippen molar-refractivity contribution in [3.8, 4) is 0 Å². The molecular weight excluding hydrogens is 157 g/mol. The molecule has 2 heterocycles. The van der Waals surface area contributed by atoms with E-state index in [1.807, 2.05) is 9.58 Å². The zero-order chi connectivity index (χ0) is 4.69. The van der Waals surface area contributed by atoms with Crippen LogP contribution in [0.4, 0.5) is 0 Å². The molecule has 0 aromatic carbocycles. The van der Waals surface area contributed by atoms with Gasteiger partial charge in [0.05, 0.1) is 0 Å². The van der Waals surface area contributed by atoms with Crippen LogP contribution in [0.15, 0.2) is 12.3 Å². The van der Waals surface area contributed by atoms with Gasteiger partial charge in [0, 0.05) is 0 Å². The van der Waals surface area contributed by atoms with E-state index >= 15 is 0 Å². The van der Waals surface area contributed by atoms with Crippen molar-refractivity contribution >= 4 is 20.6 Å². The summed E-state index contributed by atoms with van der Waals surface area (Å²) in [6, 6.07) is 1.96. The third kappa shape index (κ3) is 0.326. The molecule has 2 aromatic heterocycles. The van der Waals surface area contributed by atoms with Crippen LogP contribution in [0.25, 0.3) is 5.65 Å². The second kappa shape index (κ2) is 1.02. The molecule has 2 aromatic rings. The quantitative estimate of drug-likeness (QED) is 0.528. The van der Waals surface area contributed by atoms with Gasteiger partial charge in [-0.3, -0.25) is 0 Å². The van der Waals surface area contributed by atoms with Gasteiger partial charge in [0.2, 0.25) is 0 Å². The first-order chi connectivity index (χ1) is 3.47. The standard InChI is InChI=1S/C3H3N3Se/c1-2-4-6-3(1)5-7-6/h1-2,5H. The van der Waals surface area contributed by atoms with Crippen LogP contribution in [0.2, 0.25) is 0 Å². The number of rotatable bonds is 0. The van der Waals surface area contributed by atoms with Crippen LogP contribution in [0, 0.1) is 0 Å². The molecule has 0 amide bonds. The van der Waals surface area contributed by atoms with Crippen LogP contribution in [-0.4, -0.2) is 27.6 Å². The Balaban J connectivity index is 3.05. The molecule has 0 saturated carbocycles. The van der Waals surface area contributed by atoms with Crippen molar-refractivity contribution in [2.24, 2.45) is 0 Å². The molecule has 0 aliphatic rings. The monoisotopic (exact) mass is 161 g/mol. The number of nitrogens with one attached hydrogen (secondary N) is 1. The van der Waals surface area contributed by atoms with Crippen LogP contribution in [-0.2, 0) is 0 Å². The van der Waals surface area contributed by atoms with Crippen molar-refractivity contribution in [2.75, 3.05) is 0 Å². The van der Waals surface area contributed by atoms with Crippen LogP contribution in [0.3, 0.4) is 0 Å². The minimum absolute atomic E-state index is 0.416. The normalized spacial score (nSPS) is 10.9. The van der Waals surface area contributed by atoms with Gasteiger partial charge in [0.25, 0.3) is 0 Å². The van der Waals surface area contributed by atoms with Gasteiger partial charge < -0.3 is 0 Å². The molecule has 2 rings (SSSR count). The van der Waals surface area contributed by atoms with Gasteiger partial charge in [-0.05, 0) is 0 Å². The van der Waals surface area contributed by atoms with E-state index in [9.17, 15) is 0 Å². The number of hydrogen-bond donors (Lipinski definition) is 1. The SMILES string of the molecule is c1cc2[nH][se]n2n1. The molecule has 0 bridgehead atoms. The summed E-state index contributed by atoms with van der Waals surface area (Å²) < 4.78 is 5.10. The van der Waals surface area contributed by atoms with Crippen molar-refractivity contribution in [2.45, 2.75) is 0 Å². The molecule has 0 saturated heterocycles. The van der Waals surface area contributed by atoms with Crippen LogP contribution in [0.5, 0.6) is 0 Å². The molecule has 36 valence electrons. The molecule has 7 heavy (non-hydrogen) atoms. The fourth-order valence-corrected chi connectivity index (χ4v) is 1.55. The van der Waals surface area contributed by atoms with Crippen molar-refractivity contribution in [3.63, 3.8) is 0 Å². The average Bonchev–Trinajstić information content (AvgIpc) is 1.85.